The lowest BCUT2D eigenvalue weighted by molar-refractivity contribution is -0.152. The van der Waals surface area contributed by atoms with E-state index in [1.165, 1.54) is 0 Å². The van der Waals surface area contributed by atoms with Crippen molar-refractivity contribution in [2.75, 3.05) is 13.1 Å². The predicted octanol–water partition coefficient (Wildman–Crippen LogP) is 1.45. The van der Waals surface area contributed by atoms with Crippen LogP contribution in [0, 0.1) is 12.3 Å². The number of likely N-dealkylation sites (tertiary alicyclic amines) is 1. The number of hydrogen-bond acceptors (Lipinski definition) is 3. The molecule has 2 rings (SSSR count). The molecule has 1 N–H and O–H groups in total. The fourth-order valence-electron chi connectivity index (χ4n) is 2.74. The molecule has 0 aromatic carbocycles. The van der Waals surface area contributed by atoms with Gasteiger partial charge in [-0.25, -0.2) is 0 Å². The second-order valence-corrected chi connectivity index (χ2v) is 5.50. The molecule has 1 aliphatic heterocycles. The van der Waals surface area contributed by atoms with Gasteiger partial charge in [-0.3, -0.25) is 14.3 Å². The average Bonchev–Trinajstić information content (AvgIpc) is 2.78. The van der Waals surface area contributed by atoms with Crippen molar-refractivity contribution in [1.82, 2.24) is 14.7 Å². The molecule has 6 heteroatoms. The molecule has 0 radical (unpaired) electrons. The van der Waals surface area contributed by atoms with Crippen LogP contribution in [0.5, 0.6) is 0 Å². The first-order chi connectivity index (χ1) is 9.41. The Morgan fingerprint density at radius 3 is 2.40 bits per heavy atom. The zero-order chi connectivity index (χ0) is 14.9. The highest BCUT2D eigenvalue weighted by atomic mass is 16.4. The molecule has 0 atom stereocenters. The Kier molecular flexibility index (Phi) is 3.83. The number of carboxylic acid groups (broad SMARTS) is 1. The fraction of sp³-hybridized carbons (Fsp3) is 0.643. The normalized spacial score (nSPS) is 18.1. The molecule has 2 heterocycles. The minimum atomic E-state index is -0.746. The number of rotatable bonds is 3. The molecule has 0 unspecified atom stereocenters. The first kappa shape index (κ1) is 14.6. The monoisotopic (exact) mass is 279 g/mol. The Bertz CT molecular complexity index is 528. The molecule has 1 aromatic heterocycles. The topological polar surface area (TPSA) is 75.4 Å². The lowest BCUT2D eigenvalue weighted by Gasteiger charge is -2.38. The number of nitrogens with zero attached hydrogens (tertiary/aromatic N) is 3. The minimum absolute atomic E-state index is 0.0503. The molecule has 1 amide bonds. The SMILES string of the molecule is CCC1(C(=O)O)CCN(C(=O)c2cnn(C)c2C)CC1. The van der Waals surface area contributed by atoms with Crippen LogP contribution in [-0.4, -0.2) is 44.8 Å². The van der Waals surface area contributed by atoms with Crippen molar-refractivity contribution in [3.8, 4) is 0 Å². The van der Waals surface area contributed by atoms with E-state index in [1.54, 1.807) is 22.8 Å². The molecule has 20 heavy (non-hydrogen) atoms. The third-order valence-electron chi connectivity index (χ3n) is 4.60. The second-order valence-electron chi connectivity index (χ2n) is 5.50. The summed E-state index contributed by atoms with van der Waals surface area (Å²) in [5.74, 6) is -0.796. The lowest BCUT2D eigenvalue weighted by Crippen LogP contribution is -2.46. The van der Waals surface area contributed by atoms with Crippen LogP contribution in [0.3, 0.4) is 0 Å². The molecule has 0 spiro atoms. The van der Waals surface area contributed by atoms with E-state index in [0.717, 1.165) is 5.69 Å². The summed E-state index contributed by atoms with van der Waals surface area (Å²) >= 11 is 0. The summed E-state index contributed by atoms with van der Waals surface area (Å²) in [6, 6.07) is 0. The number of aliphatic carboxylic acids is 1. The number of hydrogen-bond donors (Lipinski definition) is 1. The largest absolute Gasteiger partial charge is 0.481 e. The van der Waals surface area contributed by atoms with Crippen LogP contribution in [0.4, 0.5) is 0 Å². The summed E-state index contributed by atoms with van der Waals surface area (Å²) in [6.07, 6.45) is 3.22. The summed E-state index contributed by atoms with van der Waals surface area (Å²) in [7, 11) is 1.80. The van der Waals surface area contributed by atoms with Crippen LogP contribution < -0.4 is 0 Å². The molecular formula is C14H21N3O3. The van der Waals surface area contributed by atoms with E-state index in [9.17, 15) is 14.7 Å². The van der Waals surface area contributed by atoms with Gasteiger partial charge in [0.05, 0.1) is 17.2 Å². The van der Waals surface area contributed by atoms with Crippen LogP contribution in [0.2, 0.25) is 0 Å². The summed E-state index contributed by atoms with van der Waals surface area (Å²) in [4.78, 5) is 25.6. The zero-order valence-corrected chi connectivity index (χ0v) is 12.2. The van der Waals surface area contributed by atoms with E-state index >= 15 is 0 Å². The molecule has 0 bridgehead atoms. The first-order valence-electron chi connectivity index (χ1n) is 6.92. The van der Waals surface area contributed by atoms with Crippen LogP contribution >= 0.6 is 0 Å². The smallest absolute Gasteiger partial charge is 0.309 e. The van der Waals surface area contributed by atoms with Gasteiger partial charge in [0.25, 0.3) is 5.91 Å². The summed E-state index contributed by atoms with van der Waals surface area (Å²) in [5, 5.41) is 13.4. The van der Waals surface area contributed by atoms with Crippen molar-refractivity contribution in [2.24, 2.45) is 12.5 Å². The minimum Gasteiger partial charge on any atom is -0.481 e. The highest BCUT2D eigenvalue weighted by Gasteiger charge is 2.41. The van der Waals surface area contributed by atoms with Gasteiger partial charge < -0.3 is 10.0 Å². The number of carbonyl (C=O) groups excluding carboxylic acids is 1. The molecule has 0 saturated carbocycles. The standard InChI is InChI=1S/C14H21N3O3/c1-4-14(13(19)20)5-7-17(8-6-14)12(18)11-9-15-16(3)10(11)2/h9H,4-8H2,1-3H3,(H,19,20). The van der Waals surface area contributed by atoms with Crippen molar-refractivity contribution in [3.63, 3.8) is 0 Å². The van der Waals surface area contributed by atoms with Gasteiger partial charge in [0.1, 0.15) is 0 Å². The van der Waals surface area contributed by atoms with Crippen molar-refractivity contribution in [2.45, 2.75) is 33.1 Å². The van der Waals surface area contributed by atoms with Gasteiger partial charge in [0.2, 0.25) is 0 Å². The maximum atomic E-state index is 12.4. The van der Waals surface area contributed by atoms with Crippen LogP contribution in [0.15, 0.2) is 6.20 Å². The van der Waals surface area contributed by atoms with E-state index in [2.05, 4.69) is 5.10 Å². The second kappa shape index (κ2) is 5.26. The van der Waals surface area contributed by atoms with E-state index in [4.69, 9.17) is 0 Å². The molecule has 110 valence electrons. The quantitative estimate of drug-likeness (QED) is 0.908. The molecular weight excluding hydrogens is 258 g/mol. The highest BCUT2D eigenvalue weighted by molar-refractivity contribution is 5.95. The lowest BCUT2D eigenvalue weighted by atomic mass is 9.76. The predicted molar refractivity (Wildman–Crippen MR) is 73.4 cm³/mol. The number of piperidine rings is 1. The number of carbonyl (C=O) groups is 2. The van der Waals surface area contributed by atoms with E-state index in [1.807, 2.05) is 13.8 Å². The third kappa shape index (κ3) is 2.30. The van der Waals surface area contributed by atoms with Crippen molar-refractivity contribution in [1.29, 1.82) is 0 Å². The van der Waals surface area contributed by atoms with Gasteiger partial charge in [-0.1, -0.05) is 6.92 Å². The number of aryl methyl sites for hydroxylation is 1. The summed E-state index contributed by atoms with van der Waals surface area (Å²) < 4.78 is 1.67. The van der Waals surface area contributed by atoms with Crippen molar-refractivity contribution >= 4 is 11.9 Å². The van der Waals surface area contributed by atoms with E-state index in [0.29, 0.717) is 37.9 Å². The Morgan fingerprint density at radius 1 is 1.40 bits per heavy atom. The Hall–Kier alpha value is -1.85. The molecule has 1 aromatic rings. The van der Waals surface area contributed by atoms with Crippen molar-refractivity contribution in [3.05, 3.63) is 17.5 Å². The van der Waals surface area contributed by atoms with Gasteiger partial charge in [-0.05, 0) is 26.2 Å². The van der Waals surface area contributed by atoms with Gasteiger partial charge in [0.15, 0.2) is 0 Å². The summed E-state index contributed by atoms with van der Waals surface area (Å²) in [6.45, 7) is 4.75. The number of amides is 1. The van der Waals surface area contributed by atoms with Crippen molar-refractivity contribution < 1.29 is 14.7 Å². The highest BCUT2D eigenvalue weighted by Crippen LogP contribution is 2.35. The maximum absolute atomic E-state index is 12.4. The van der Waals surface area contributed by atoms with Crippen LogP contribution in [-0.2, 0) is 11.8 Å². The van der Waals surface area contributed by atoms with Gasteiger partial charge in [0, 0.05) is 25.8 Å². The van der Waals surface area contributed by atoms with E-state index < -0.39 is 11.4 Å². The Labute approximate surface area is 118 Å². The molecule has 0 aliphatic carbocycles. The first-order valence-corrected chi connectivity index (χ1v) is 6.92. The molecule has 1 saturated heterocycles. The van der Waals surface area contributed by atoms with Crippen LogP contribution in [0.25, 0.3) is 0 Å². The van der Waals surface area contributed by atoms with Crippen LogP contribution in [0.1, 0.15) is 42.2 Å². The maximum Gasteiger partial charge on any atom is 0.309 e. The number of carboxylic acids is 1. The third-order valence-corrected chi connectivity index (χ3v) is 4.60. The van der Waals surface area contributed by atoms with E-state index in [-0.39, 0.29) is 5.91 Å². The molecule has 1 fully saturated rings. The average molecular weight is 279 g/mol. The van der Waals surface area contributed by atoms with Gasteiger partial charge >= 0.3 is 5.97 Å². The Morgan fingerprint density at radius 2 is 2.00 bits per heavy atom. The number of aromatic nitrogens is 2. The Balaban J connectivity index is 2.09. The molecule has 1 aliphatic rings. The zero-order valence-electron chi connectivity index (χ0n) is 12.2. The molecule has 6 nitrogen and oxygen atoms in total. The van der Waals surface area contributed by atoms with Gasteiger partial charge in [-0.15, -0.1) is 0 Å². The summed E-state index contributed by atoms with van der Waals surface area (Å²) in [5.41, 5.74) is 0.771. The fourth-order valence-corrected chi connectivity index (χ4v) is 2.74. The van der Waals surface area contributed by atoms with Gasteiger partial charge in [-0.2, -0.15) is 5.10 Å².